The highest BCUT2D eigenvalue weighted by atomic mass is 32.2. The van der Waals surface area contributed by atoms with Crippen LogP contribution in [-0.4, -0.2) is 27.8 Å². The summed E-state index contributed by atoms with van der Waals surface area (Å²) >= 11 is 0. The molecule has 19 heavy (non-hydrogen) atoms. The van der Waals surface area contributed by atoms with Gasteiger partial charge in [0.05, 0.1) is 6.54 Å². The van der Waals surface area contributed by atoms with E-state index in [1.54, 1.807) is 0 Å². The summed E-state index contributed by atoms with van der Waals surface area (Å²) < 4.78 is 69.4. The van der Waals surface area contributed by atoms with Gasteiger partial charge in [-0.2, -0.15) is 13.2 Å². The van der Waals surface area contributed by atoms with Crippen molar-refractivity contribution in [1.29, 1.82) is 0 Å². The first-order valence-corrected chi connectivity index (χ1v) is 7.66. The molecule has 108 valence electrons. The van der Waals surface area contributed by atoms with E-state index < -0.39 is 33.9 Å². The number of hydrogen-bond donors (Lipinski definition) is 2. The van der Waals surface area contributed by atoms with Crippen molar-refractivity contribution in [3.05, 3.63) is 35.9 Å². The summed E-state index contributed by atoms with van der Waals surface area (Å²) in [5, 5.41) is 0. The van der Waals surface area contributed by atoms with Crippen LogP contribution in [0.3, 0.4) is 0 Å². The van der Waals surface area contributed by atoms with Gasteiger partial charge in [0.15, 0.2) is 0 Å². The molecule has 0 aliphatic heterocycles. The average molecular weight is 319 g/mol. The Kier molecular flexibility index (Phi) is 4.43. The first-order valence-electron chi connectivity index (χ1n) is 4.65. The van der Waals surface area contributed by atoms with Crippen molar-refractivity contribution in [2.45, 2.75) is 12.1 Å². The molecule has 0 radical (unpaired) electrons. The second-order valence-corrected chi connectivity index (χ2v) is 7.06. The molecule has 0 fully saturated rings. The van der Waals surface area contributed by atoms with E-state index in [1.165, 1.54) is 30.3 Å². The maximum Gasteiger partial charge on any atom is 0.512 e. The molecule has 0 heterocycles. The molecule has 0 saturated carbocycles. The number of benzene rings is 1. The SMILES string of the molecule is O=P(O)(O)N(Cc1ccccc1)S(=O)(=O)C(F)(F)F. The molecule has 0 unspecified atom stereocenters. The zero-order valence-corrected chi connectivity index (χ0v) is 10.9. The lowest BCUT2D eigenvalue weighted by atomic mass is 10.2. The van der Waals surface area contributed by atoms with Crippen LogP contribution in [0.15, 0.2) is 30.3 Å². The van der Waals surface area contributed by atoms with E-state index in [-0.39, 0.29) is 5.56 Å². The zero-order valence-electron chi connectivity index (χ0n) is 9.15. The highest BCUT2D eigenvalue weighted by Crippen LogP contribution is 2.47. The molecule has 0 bridgehead atoms. The molecular weight excluding hydrogens is 310 g/mol. The average Bonchev–Trinajstić information content (AvgIpc) is 2.24. The first-order chi connectivity index (χ1) is 8.46. The second-order valence-electron chi connectivity index (χ2n) is 3.43. The van der Waals surface area contributed by atoms with Crippen molar-refractivity contribution in [3.63, 3.8) is 0 Å². The van der Waals surface area contributed by atoms with Gasteiger partial charge >= 0.3 is 23.3 Å². The van der Waals surface area contributed by atoms with E-state index in [0.29, 0.717) is 0 Å². The molecule has 0 aromatic heterocycles. The van der Waals surface area contributed by atoms with E-state index in [0.717, 1.165) is 0 Å². The Hall–Kier alpha value is -0.930. The smallest absolute Gasteiger partial charge is 0.312 e. The Balaban J connectivity index is 3.23. The van der Waals surface area contributed by atoms with Crippen molar-refractivity contribution >= 4 is 17.8 Å². The van der Waals surface area contributed by atoms with Gasteiger partial charge in [0.1, 0.15) is 0 Å². The third-order valence-electron chi connectivity index (χ3n) is 2.02. The summed E-state index contributed by atoms with van der Waals surface area (Å²) in [5.41, 5.74) is -5.78. The van der Waals surface area contributed by atoms with E-state index in [2.05, 4.69) is 0 Å². The molecular formula is C8H9F3NO5PS. The van der Waals surface area contributed by atoms with Gasteiger partial charge in [0, 0.05) is 0 Å². The summed E-state index contributed by atoms with van der Waals surface area (Å²) in [6, 6.07) is 6.80. The van der Waals surface area contributed by atoms with Crippen LogP contribution in [0.2, 0.25) is 0 Å². The van der Waals surface area contributed by atoms with E-state index in [9.17, 15) is 26.2 Å². The molecule has 0 amide bonds. The summed E-state index contributed by atoms with van der Waals surface area (Å²) in [4.78, 5) is 17.6. The number of nitrogens with zero attached hydrogens (tertiary/aromatic N) is 1. The summed E-state index contributed by atoms with van der Waals surface area (Å²) in [6.45, 7) is -1.08. The predicted molar refractivity (Wildman–Crippen MR) is 59.0 cm³/mol. The largest absolute Gasteiger partial charge is 0.512 e. The standard InChI is InChI=1S/C8H9F3NO5PS/c9-8(10,11)19(16,17)12(18(13,14)15)6-7-4-2-1-3-5-7/h1-5H,6H2,(H2,13,14,15). The van der Waals surface area contributed by atoms with Crippen LogP contribution in [0.25, 0.3) is 0 Å². The number of rotatable bonds is 4. The van der Waals surface area contributed by atoms with Crippen molar-refractivity contribution in [2.24, 2.45) is 0 Å². The van der Waals surface area contributed by atoms with Crippen LogP contribution in [-0.2, 0) is 21.1 Å². The Morgan fingerprint density at radius 1 is 1.16 bits per heavy atom. The Bertz CT molecular complexity index is 582. The summed E-state index contributed by atoms with van der Waals surface area (Å²) in [6.07, 6.45) is 0. The lowest BCUT2D eigenvalue weighted by Crippen LogP contribution is -2.38. The molecule has 11 heteroatoms. The van der Waals surface area contributed by atoms with Gasteiger partial charge in [-0.15, -0.1) is 0 Å². The predicted octanol–water partition coefficient (Wildman–Crippen LogP) is 1.43. The minimum atomic E-state index is -6.12. The third kappa shape index (κ3) is 3.77. The maximum atomic E-state index is 12.3. The Labute approximate surface area is 106 Å². The van der Waals surface area contributed by atoms with Crippen molar-refractivity contribution in [1.82, 2.24) is 4.08 Å². The topological polar surface area (TPSA) is 94.9 Å². The third-order valence-corrected chi connectivity index (χ3v) is 5.30. The monoisotopic (exact) mass is 319 g/mol. The van der Waals surface area contributed by atoms with Crippen LogP contribution < -0.4 is 0 Å². The molecule has 0 aliphatic carbocycles. The molecule has 1 aromatic carbocycles. The molecule has 0 aliphatic rings. The van der Waals surface area contributed by atoms with Crippen molar-refractivity contribution in [2.75, 3.05) is 0 Å². The highest BCUT2D eigenvalue weighted by Gasteiger charge is 2.55. The second kappa shape index (κ2) is 5.22. The van der Waals surface area contributed by atoms with Crippen molar-refractivity contribution < 1.29 is 35.9 Å². The molecule has 0 atom stereocenters. The summed E-state index contributed by atoms with van der Waals surface area (Å²) in [5.74, 6) is 0. The van der Waals surface area contributed by atoms with Gasteiger partial charge in [-0.05, 0) is 5.56 Å². The quantitative estimate of drug-likeness (QED) is 0.819. The normalized spacial score (nSPS) is 13.8. The molecule has 1 aromatic rings. The molecule has 1 rings (SSSR count). The Morgan fingerprint density at radius 2 is 1.63 bits per heavy atom. The Morgan fingerprint density at radius 3 is 2.00 bits per heavy atom. The van der Waals surface area contributed by atoms with Crippen LogP contribution in [0.1, 0.15) is 5.56 Å². The van der Waals surface area contributed by atoms with Gasteiger partial charge in [-0.25, -0.2) is 13.0 Å². The van der Waals surface area contributed by atoms with Gasteiger partial charge in [-0.3, -0.25) is 0 Å². The molecule has 2 N–H and O–H groups in total. The number of hydrogen-bond acceptors (Lipinski definition) is 3. The van der Waals surface area contributed by atoms with Gasteiger partial charge in [0.25, 0.3) is 0 Å². The van der Waals surface area contributed by atoms with E-state index in [4.69, 9.17) is 9.79 Å². The minimum Gasteiger partial charge on any atom is -0.312 e. The minimum absolute atomic E-state index is 0.0126. The van der Waals surface area contributed by atoms with Crippen LogP contribution >= 0.6 is 7.75 Å². The lowest BCUT2D eigenvalue weighted by Gasteiger charge is -2.23. The van der Waals surface area contributed by atoms with Crippen LogP contribution in [0.4, 0.5) is 13.2 Å². The fraction of sp³-hybridized carbons (Fsp3) is 0.250. The van der Waals surface area contributed by atoms with Crippen LogP contribution in [0.5, 0.6) is 0 Å². The van der Waals surface area contributed by atoms with Crippen molar-refractivity contribution in [3.8, 4) is 0 Å². The van der Waals surface area contributed by atoms with Gasteiger partial charge in [-0.1, -0.05) is 34.4 Å². The lowest BCUT2D eigenvalue weighted by molar-refractivity contribution is -0.0476. The zero-order chi connectivity index (χ0) is 14.9. The molecule has 0 saturated heterocycles. The number of halogens is 3. The maximum absolute atomic E-state index is 12.3. The van der Waals surface area contributed by atoms with E-state index >= 15 is 0 Å². The number of sulfonamides is 1. The fourth-order valence-electron chi connectivity index (χ4n) is 1.18. The summed E-state index contributed by atoms with van der Waals surface area (Å²) in [7, 11) is -11.8. The van der Waals surface area contributed by atoms with Gasteiger partial charge in [0.2, 0.25) is 0 Å². The fourth-order valence-corrected chi connectivity index (χ4v) is 3.48. The van der Waals surface area contributed by atoms with Gasteiger partial charge < -0.3 is 9.79 Å². The molecule has 0 spiro atoms. The first kappa shape index (κ1) is 16.1. The highest BCUT2D eigenvalue weighted by molar-refractivity contribution is 7.94. The van der Waals surface area contributed by atoms with Crippen LogP contribution in [0, 0.1) is 0 Å². The number of alkyl halides is 3. The molecule has 6 nitrogen and oxygen atoms in total. The van der Waals surface area contributed by atoms with E-state index in [1.807, 2.05) is 0 Å².